The molecular formula is C14H19BBrNO4. The Morgan fingerprint density at radius 3 is 2.48 bits per heavy atom. The molecule has 5 nitrogen and oxygen atoms in total. The molecule has 0 unspecified atom stereocenters. The van der Waals surface area contributed by atoms with Crippen molar-refractivity contribution in [3.63, 3.8) is 0 Å². The number of hydrogen-bond acceptors (Lipinski definition) is 5. The van der Waals surface area contributed by atoms with Gasteiger partial charge in [-0.15, -0.1) is 0 Å². The van der Waals surface area contributed by atoms with E-state index in [0.717, 1.165) is 4.47 Å². The molecule has 0 radical (unpaired) electrons. The first kappa shape index (κ1) is 16.5. The number of fused-ring (bicyclic) bond motifs is 1. The van der Waals surface area contributed by atoms with Crippen LogP contribution in [-0.2, 0) is 4.65 Å². The lowest BCUT2D eigenvalue weighted by atomic mass is 9.76. The van der Waals surface area contributed by atoms with Crippen molar-refractivity contribution in [3.8, 4) is 0 Å². The van der Waals surface area contributed by atoms with Gasteiger partial charge in [-0.2, -0.15) is 0 Å². The maximum absolute atomic E-state index is 10.4. The molecule has 0 amide bonds. The topological polar surface area (TPSA) is 75.7 Å². The molecule has 2 N–H and O–H groups in total. The Kier molecular flexibility index (Phi) is 4.23. The van der Waals surface area contributed by atoms with Gasteiger partial charge in [-0.05, 0) is 49.7 Å². The molecule has 0 saturated carbocycles. The molecule has 114 valence electrons. The number of aromatic nitrogens is 1. The number of halogens is 1. The lowest BCUT2D eigenvalue weighted by Crippen LogP contribution is -2.53. The normalized spacial score (nSPS) is 13.0. The SMILES string of the molecule is Cc1nc2c(B(O)OC(C)(C)C(C)(C)O)ccc(Br)c2o1. The Balaban J connectivity index is 2.41. The van der Waals surface area contributed by atoms with Gasteiger partial charge in [0.15, 0.2) is 11.5 Å². The predicted molar refractivity (Wildman–Crippen MR) is 85.5 cm³/mol. The number of rotatable bonds is 4. The zero-order chi connectivity index (χ0) is 16.0. The van der Waals surface area contributed by atoms with Gasteiger partial charge in [0.1, 0.15) is 5.52 Å². The van der Waals surface area contributed by atoms with Gasteiger partial charge < -0.3 is 19.2 Å². The van der Waals surface area contributed by atoms with Crippen LogP contribution in [0, 0.1) is 6.92 Å². The van der Waals surface area contributed by atoms with E-state index >= 15 is 0 Å². The number of hydrogen-bond donors (Lipinski definition) is 2. The lowest BCUT2D eigenvalue weighted by molar-refractivity contribution is -0.0982. The molecule has 7 heteroatoms. The Labute approximate surface area is 132 Å². The van der Waals surface area contributed by atoms with Crippen LogP contribution in [0.1, 0.15) is 33.6 Å². The smallest absolute Gasteiger partial charge is 0.440 e. The van der Waals surface area contributed by atoms with Crippen molar-refractivity contribution in [2.24, 2.45) is 0 Å². The fraction of sp³-hybridized carbons (Fsp3) is 0.500. The second-order valence-electron chi connectivity index (χ2n) is 6.09. The van der Waals surface area contributed by atoms with E-state index in [0.29, 0.717) is 22.5 Å². The van der Waals surface area contributed by atoms with E-state index in [1.807, 2.05) is 0 Å². The van der Waals surface area contributed by atoms with Gasteiger partial charge in [0.05, 0.1) is 15.7 Å². The maximum atomic E-state index is 10.4. The van der Waals surface area contributed by atoms with Crippen LogP contribution < -0.4 is 5.46 Å². The van der Waals surface area contributed by atoms with Crippen molar-refractivity contribution in [1.29, 1.82) is 0 Å². The van der Waals surface area contributed by atoms with Crippen LogP contribution >= 0.6 is 15.9 Å². The average molecular weight is 356 g/mol. The van der Waals surface area contributed by atoms with Crippen LogP contribution in [0.4, 0.5) is 0 Å². The van der Waals surface area contributed by atoms with E-state index < -0.39 is 18.3 Å². The molecule has 2 rings (SSSR count). The molecule has 2 aromatic rings. The largest absolute Gasteiger partial charge is 0.494 e. The fourth-order valence-corrected chi connectivity index (χ4v) is 2.19. The minimum Gasteiger partial charge on any atom is -0.440 e. The highest BCUT2D eigenvalue weighted by molar-refractivity contribution is 9.10. The number of oxazole rings is 1. The van der Waals surface area contributed by atoms with Crippen LogP contribution in [-0.4, -0.2) is 33.4 Å². The molecular weight excluding hydrogens is 337 g/mol. The lowest BCUT2D eigenvalue weighted by Gasteiger charge is -2.38. The summed E-state index contributed by atoms with van der Waals surface area (Å²) in [6, 6.07) is 3.49. The third-order valence-electron chi connectivity index (χ3n) is 3.78. The van der Waals surface area contributed by atoms with Crippen molar-refractivity contribution in [1.82, 2.24) is 4.98 Å². The van der Waals surface area contributed by atoms with Crippen LogP contribution in [0.25, 0.3) is 11.1 Å². The fourth-order valence-electron chi connectivity index (χ4n) is 1.79. The monoisotopic (exact) mass is 355 g/mol. The van der Waals surface area contributed by atoms with Gasteiger partial charge in [-0.1, -0.05) is 6.07 Å². The first-order valence-corrected chi connectivity index (χ1v) is 7.46. The van der Waals surface area contributed by atoms with E-state index in [1.54, 1.807) is 46.8 Å². The summed E-state index contributed by atoms with van der Waals surface area (Å²) in [7, 11) is -1.22. The van der Waals surface area contributed by atoms with Gasteiger partial charge >= 0.3 is 7.12 Å². The number of nitrogens with zero attached hydrogens (tertiary/aromatic N) is 1. The highest BCUT2D eigenvalue weighted by Gasteiger charge is 2.40. The molecule has 1 aromatic carbocycles. The van der Waals surface area contributed by atoms with Crippen molar-refractivity contribution in [2.75, 3.05) is 0 Å². The Bertz CT molecular complexity index is 663. The Hall–Kier alpha value is -0.885. The van der Waals surface area contributed by atoms with Gasteiger partial charge in [0.25, 0.3) is 0 Å². The summed E-state index contributed by atoms with van der Waals surface area (Å²) < 4.78 is 11.9. The van der Waals surface area contributed by atoms with Crippen molar-refractivity contribution in [2.45, 2.75) is 45.8 Å². The highest BCUT2D eigenvalue weighted by atomic mass is 79.9. The third kappa shape index (κ3) is 3.16. The van der Waals surface area contributed by atoms with Crippen molar-refractivity contribution in [3.05, 3.63) is 22.5 Å². The molecule has 0 aliphatic rings. The molecule has 0 spiro atoms. The average Bonchev–Trinajstić information content (AvgIpc) is 2.69. The Morgan fingerprint density at radius 2 is 1.90 bits per heavy atom. The molecule has 0 aliphatic carbocycles. The van der Waals surface area contributed by atoms with Crippen LogP contribution in [0.3, 0.4) is 0 Å². The van der Waals surface area contributed by atoms with Gasteiger partial charge in [-0.3, -0.25) is 0 Å². The first-order chi connectivity index (χ1) is 9.53. The first-order valence-electron chi connectivity index (χ1n) is 6.67. The summed E-state index contributed by atoms with van der Waals surface area (Å²) in [5, 5.41) is 20.5. The molecule has 0 fully saturated rings. The van der Waals surface area contributed by atoms with Crippen molar-refractivity contribution < 1.29 is 19.2 Å². The maximum Gasteiger partial charge on any atom is 0.494 e. The number of benzene rings is 1. The molecule has 0 aliphatic heterocycles. The molecule has 0 saturated heterocycles. The summed E-state index contributed by atoms with van der Waals surface area (Å²) in [5.41, 5.74) is -0.440. The molecule has 1 aromatic heterocycles. The predicted octanol–water partition coefficient (Wildman–Crippen LogP) is 2.15. The van der Waals surface area contributed by atoms with E-state index in [4.69, 9.17) is 9.07 Å². The second-order valence-corrected chi connectivity index (χ2v) is 6.94. The molecule has 1 heterocycles. The third-order valence-corrected chi connectivity index (χ3v) is 4.40. The van der Waals surface area contributed by atoms with Crippen LogP contribution in [0.5, 0.6) is 0 Å². The van der Waals surface area contributed by atoms with E-state index in [9.17, 15) is 10.1 Å². The van der Waals surface area contributed by atoms with E-state index in [1.165, 1.54) is 0 Å². The number of aliphatic hydroxyl groups is 1. The van der Waals surface area contributed by atoms with Crippen LogP contribution in [0.2, 0.25) is 0 Å². The number of aryl methyl sites for hydroxylation is 1. The zero-order valence-electron chi connectivity index (χ0n) is 12.8. The highest BCUT2D eigenvalue weighted by Crippen LogP contribution is 2.27. The van der Waals surface area contributed by atoms with E-state index in [2.05, 4.69) is 20.9 Å². The minimum absolute atomic E-state index is 0.502. The summed E-state index contributed by atoms with van der Waals surface area (Å²) >= 11 is 3.39. The van der Waals surface area contributed by atoms with Gasteiger partial charge in [0.2, 0.25) is 0 Å². The van der Waals surface area contributed by atoms with Crippen LogP contribution in [0.15, 0.2) is 21.0 Å². The summed E-state index contributed by atoms with van der Waals surface area (Å²) in [6.07, 6.45) is 0. The minimum atomic E-state index is -1.22. The molecule has 21 heavy (non-hydrogen) atoms. The summed E-state index contributed by atoms with van der Waals surface area (Å²) in [4.78, 5) is 4.29. The second kappa shape index (κ2) is 5.39. The van der Waals surface area contributed by atoms with Gasteiger partial charge in [0, 0.05) is 12.4 Å². The summed E-state index contributed by atoms with van der Waals surface area (Å²) in [6.45, 7) is 8.46. The van der Waals surface area contributed by atoms with Gasteiger partial charge in [-0.25, -0.2) is 4.98 Å². The zero-order valence-corrected chi connectivity index (χ0v) is 14.4. The quantitative estimate of drug-likeness (QED) is 0.822. The molecule has 0 bridgehead atoms. The standard InChI is InChI=1S/C14H19BBrNO4/c1-8-17-11-9(6-7-10(16)12(11)20-8)15(19)21-14(4,5)13(2,3)18/h6-7,18-19H,1-5H3. The van der Waals surface area contributed by atoms with Crippen molar-refractivity contribution >= 4 is 39.6 Å². The summed E-state index contributed by atoms with van der Waals surface area (Å²) in [5.74, 6) is 0.507. The van der Waals surface area contributed by atoms with E-state index in [-0.39, 0.29) is 0 Å². The molecule has 0 atom stereocenters. The Morgan fingerprint density at radius 1 is 1.29 bits per heavy atom.